The van der Waals surface area contributed by atoms with Gasteiger partial charge in [-0.2, -0.15) is 5.10 Å². The van der Waals surface area contributed by atoms with Crippen molar-refractivity contribution in [2.75, 3.05) is 32.2 Å². The second-order valence-corrected chi connectivity index (χ2v) is 9.30. The summed E-state index contributed by atoms with van der Waals surface area (Å²) in [5.41, 5.74) is 4.68. The van der Waals surface area contributed by atoms with E-state index in [-0.39, 0.29) is 17.7 Å². The van der Waals surface area contributed by atoms with Crippen LogP contribution in [0.5, 0.6) is 0 Å². The van der Waals surface area contributed by atoms with E-state index in [2.05, 4.69) is 48.0 Å². The smallest absolute Gasteiger partial charge is 0.354 e. The van der Waals surface area contributed by atoms with Crippen LogP contribution in [0.1, 0.15) is 74.1 Å². The number of pyridine rings is 1. The van der Waals surface area contributed by atoms with Crippen molar-refractivity contribution in [2.24, 2.45) is 0 Å². The fourth-order valence-corrected chi connectivity index (χ4v) is 4.74. The van der Waals surface area contributed by atoms with E-state index in [1.807, 2.05) is 11.7 Å². The predicted molar refractivity (Wildman–Crippen MR) is 131 cm³/mol. The lowest BCUT2D eigenvalue weighted by atomic mass is 9.95. The SMILES string of the molecule is COCCN(C)c1ccc(-c2cc(C(=O)O)nc3c2c(C(C)C)nn3C2CCCCC2)cc1. The van der Waals surface area contributed by atoms with Crippen LogP contribution < -0.4 is 4.90 Å². The summed E-state index contributed by atoms with van der Waals surface area (Å²) in [5.74, 6) is -0.815. The molecule has 2 aromatic heterocycles. The zero-order valence-electron chi connectivity index (χ0n) is 20.0. The molecular formula is C26H34N4O3. The molecule has 0 amide bonds. The number of rotatable bonds is 8. The number of carboxylic acids is 1. The molecule has 0 spiro atoms. The van der Waals surface area contributed by atoms with E-state index in [0.717, 1.165) is 47.3 Å². The average molecular weight is 451 g/mol. The molecule has 176 valence electrons. The molecule has 1 fully saturated rings. The molecule has 1 aliphatic rings. The Kier molecular flexibility index (Phi) is 6.98. The Hall–Kier alpha value is -2.93. The maximum absolute atomic E-state index is 12.0. The number of aromatic carboxylic acids is 1. The molecule has 0 unspecified atom stereocenters. The maximum Gasteiger partial charge on any atom is 0.354 e. The van der Waals surface area contributed by atoms with Crippen LogP contribution in [0.4, 0.5) is 5.69 Å². The summed E-state index contributed by atoms with van der Waals surface area (Å²) >= 11 is 0. The number of carboxylic acid groups (broad SMARTS) is 1. The van der Waals surface area contributed by atoms with E-state index < -0.39 is 5.97 Å². The zero-order chi connectivity index (χ0) is 23.5. The highest BCUT2D eigenvalue weighted by Crippen LogP contribution is 2.38. The summed E-state index contributed by atoms with van der Waals surface area (Å²) in [5, 5.41) is 15.8. The molecule has 0 atom stereocenters. The first-order valence-electron chi connectivity index (χ1n) is 11.9. The van der Waals surface area contributed by atoms with Crippen molar-refractivity contribution in [3.8, 4) is 11.1 Å². The minimum atomic E-state index is -1.02. The quantitative estimate of drug-likeness (QED) is 0.488. The van der Waals surface area contributed by atoms with Crippen LogP contribution >= 0.6 is 0 Å². The Labute approximate surface area is 195 Å². The van der Waals surface area contributed by atoms with Gasteiger partial charge in [-0.25, -0.2) is 14.5 Å². The third-order valence-corrected chi connectivity index (χ3v) is 6.63. The molecule has 0 bridgehead atoms. The van der Waals surface area contributed by atoms with Crippen LogP contribution in [0.25, 0.3) is 22.2 Å². The fraction of sp³-hybridized carbons (Fsp3) is 0.500. The first-order valence-corrected chi connectivity index (χ1v) is 11.9. The summed E-state index contributed by atoms with van der Waals surface area (Å²) in [6, 6.07) is 10.2. The third-order valence-electron chi connectivity index (χ3n) is 6.63. The first kappa shape index (κ1) is 23.2. The molecule has 3 aromatic rings. The number of benzene rings is 1. The van der Waals surface area contributed by atoms with Gasteiger partial charge in [0, 0.05) is 26.4 Å². The Morgan fingerprint density at radius 1 is 1.21 bits per heavy atom. The van der Waals surface area contributed by atoms with Crippen molar-refractivity contribution in [1.29, 1.82) is 0 Å². The average Bonchev–Trinajstić information content (AvgIpc) is 3.22. The lowest BCUT2D eigenvalue weighted by Gasteiger charge is -2.22. The van der Waals surface area contributed by atoms with Gasteiger partial charge in [0.25, 0.3) is 0 Å². The molecule has 1 aromatic carbocycles. The van der Waals surface area contributed by atoms with Crippen molar-refractivity contribution in [3.05, 3.63) is 41.7 Å². The molecule has 7 nitrogen and oxygen atoms in total. The molecule has 0 aliphatic heterocycles. The summed E-state index contributed by atoms with van der Waals surface area (Å²) in [6.45, 7) is 5.72. The van der Waals surface area contributed by atoms with Crippen LogP contribution in [0.15, 0.2) is 30.3 Å². The number of anilines is 1. The van der Waals surface area contributed by atoms with Gasteiger partial charge in [0.15, 0.2) is 11.3 Å². The van der Waals surface area contributed by atoms with Gasteiger partial charge in [-0.15, -0.1) is 0 Å². The number of hydrogen-bond acceptors (Lipinski definition) is 5. The number of likely N-dealkylation sites (N-methyl/N-ethyl adjacent to an activating group) is 1. The zero-order valence-corrected chi connectivity index (χ0v) is 20.0. The minimum Gasteiger partial charge on any atom is -0.477 e. The predicted octanol–water partition coefficient (Wildman–Crippen LogP) is 5.51. The summed E-state index contributed by atoms with van der Waals surface area (Å²) < 4.78 is 7.21. The summed E-state index contributed by atoms with van der Waals surface area (Å²) in [4.78, 5) is 18.7. The Morgan fingerprint density at radius 3 is 2.52 bits per heavy atom. The van der Waals surface area contributed by atoms with Crippen molar-refractivity contribution >= 4 is 22.7 Å². The van der Waals surface area contributed by atoms with Crippen LogP contribution in [-0.2, 0) is 4.74 Å². The molecule has 1 aliphatic carbocycles. The maximum atomic E-state index is 12.0. The van der Waals surface area contributed by atoms with Gasteiger partial charge < -0.3 is 14.7 Å². The summed E-state index contributed by atoms with van der Waals surface area (Å²) in [7, 11) is 3.73. The summed E-state index contributed by atoms with van der Waals surface area (Å²) in [6.07, 6.45) is 5.71. The number of nitrogens with zero attached hydrogens (tertiary/aromatic N) is 4. The van der Waals surface area contributed by atoms with E-state index in [1.54, 1.807) is 13.2 Å². The van der Waals surface area contributed by atoms with Crippen molar-refractivity contribution in [3.63, 3.8) is 0 Å². The normalized spacial score (nSPS) is 14.8. The largest absolute Gasteiger partial charge is 0.477 e. The van der Waals surface area contributed by atoms with E-state index in [0.29, 0.717) is 12.3 Å². The highest BCUT2D eigenvalue weighted by Gasteiger charge is 2.26. The van der Waals surface area contributed by atoms with Crippen LogP contribution in [0.2, 0.25) is 0 Å². The third kappa shape index (κ3) is 4.74. The van der Waals surface area contributed by atoms with E-state index in [4.69, 9.17) is 9.84 Å². The second-order valence-electron chi connectivity index (χ2n) is 9.30. The number of ether oxygens (including phenoxy) is 1. The monoisotopic (exact) mass is 450 g/mol. The molecule has 2 heterocycles. The van der Waals surface area contributed by atoms with E-state index in [1.165, 1.54) is 19.3 Å². The molecule has 0 radical (unpaired) electrons. The lowest BCUT2D eigenvalue weighted by molar-refractivity contribution is 0.0691. The number of carbonyl (C=O) groups is 1. The van der Waals surface area contributed by atoms with Gasteiger partial charge in [0.1, 0.15) is 0 Å². The van der Waals surface area contributed by atoms with Crippen molar-refractivity contribution < 1.29 is 14.6 Å². The van der Waals surface area contributed by atoms with Gasteiger partial charge in [0.2, 0.25) is 0 Å². The van der Waals surface area contributed by atoms with Crippen molar-refractivity contribution in [2.45, 2.75) is 57.9 Å². The Morgan fingerprint density at radius 2 is 1.91 bits per heavy atom. The molecule has 1 saturated carbocycles. The number of hydrogen-bond donors (Lipinski definition) is 1. The van der Waals surface area contributed by atoms with E-state index in [9.17, 15) is 9.90 Å². The molecule has 7 heteroatoms. The number of fused-ring (bicyclic) bond motifs is 1. The molecule has 33 heavy (non-hydrogen) atoms. The molecule has 1 N–H and O–H groups in total. The molecule has 4 rings (SSSR count). The lowest BCUT2D eigenvalue weighted by Crippen LogP contribution is -2.21. The van der Waals surface area contributed by atoms with E-state index >= 15 is 0 Å². The second kappa shape index (κ2) is 9.91. The van der Waals surface area contributed by atoms with Gasteiger partial charge >= 0.3 is 5.97 Å². The number of methoxy groups -OCH3 is 1. The highest BCUT2D eigenvalue weighted by molar-refractivity contribution is 6.00. The van der Waals surface area contributed by atoms with Crippen LogP contribution in [0, 0.1) is 0 Å². The topological polar surface area (TPSA) is 80.5 Å². The van der Waals surface area contributed by atoms with Crippen molar-refractivity contribution in [1.82, 2.24) is 14.8 Å². The van der Waals surface area contributed by atoms with Gasteiger partial charge in [-0.05, 0) is 48.1 Å². The number of aromatic nitrogens is 3. The van der Waals surface area contributed by atoms with Gasteiger partial charge in [-0.3, -0.25) is 0 Å². The highest BCUT2D eigenvalue weighted by atomic mass is 16.5. The first-order chi connectivity index (χ1) is 15.9. The van der Waals surface area contributed by atoms with Gasteiger partial charge in [-0.1, -0.05) is 45.2 Å². The minimum absolute atomic E-state index is 0.0612. The Bertz CT molecular complexity index is 1110. The fourth-order valence-electron chi connectivity index (χ4n) is 4.74. The van der Waals surface area contributed by atoms with Gasteiger partial charge in [0.05, 0.1) is 23.7 Å². The molecular weight excluding hydrogens is 416 g/mol. The standard InChI is InChI=1S/C26H34N4O3/c1-17(2)24-23-21(18-10-12-19(13-11-18)29(3)14-15-33-4)16-22(26(31)32)27-25(23)30(28-24)20-8-6-5-7-9-20/h10-13,16-17,20H,5-9,14-15H2,1-4H3,(H,31,32). The van der Waals surface area contributed by atoms with Crippen LogP contribution in [0.3, 0.4) is 0 Å². The van der Waals surface area contributed by atoms with Crippen LogP contribution in [-0.4, -0.2) is 53.1 Å². The Balaban J connectivity index is 1.86. The molecule has 0 saturated heterocycles.